The van der Waals surface area contributed by atoms with Gasteiger partial charge in [0.1, 0.15) is 24.0 Å². The summed E-state index contributed by atoms with van der Waals surface area (Å²) in [5.74, 6) is -0.126. The highest BCUT2D eigenvalue weighted by molar-refractivity contribution is 5.94. The molecule has 2 aliphatic heterocycles. The van der Waals surface area contributed by atoms with Gasteiger partial charge in [-0.25, -0.2) is 8.78 Å². The first-order valence-electron chi connectivity index (χ1n) is 11.7. The summed E-state index contributed by atoms with van der Waals surface area (Å²) in [6.45, 7) is 3.58. The lowest BCUT2D eigenvalue weighted by Crippen LogP contribution is -2.46. The monoisotopic (exact) mass is 458 g/mol. The standard InChI is InChI=1S/C26H32F2N2O3/c1-32-25-10-12-30-18-21(25)5-2-3-11-29(17-20-8-9-22(27)16-24(20)28)13-14-33-23-7-4-6-19(15-23)26(30)31/h4,6-9,15-16,21,25H,2-3,5,10-14,17-18H2,1H3/t21-,25+/m0/s1. The van der Waals surface area contributed by atoms with Gasteiger partial charge in [0.2, 0.25) is 0 Å². The molecular formula is C26H32F2N2O3. The van der Waals surface area contributed by atoms with E-state index in [9.17, 15) is 13.6 Å². The van der Waals surface area contributed by atoms with Gasteiger partial charge in [-0.3, -0.25) is 9.69 Å². The zero-order valence-electron chi connectivity index (χ0n) is 19.1. The average molecular weight is 459 g/mol. The van der Waals surface area contributed by atoms with Crippen LogP contribution >= 0.6 is 0 Å². The van der Waals surface area contributed by atoms with Crippen molar-refractivity contribution in [3.63, 3.8) is 0 Å². The lowest BCUT2D eigenvalue weighted by atomic mass is 9.89. The topological polar surface area (TPSA) is 42.0 Å². The number of amides is 1. The van der Waals surface area contributed by atoms with E-state index in [1.54, 1.807) is 13.2 Å². The van der Waals surface area contributed by atoms with E-state index in [1.165, 1.54) is 12.1 Å². The van der Waals surface area contributed by atoms with Gasteiger partial charge in [-0.1, -0.05) is 18.6 Å². The number of methoxy groups -OCH3 is 1. The van der Waals surface area contributed by atoms with Crippen LogP contribution in [0.1, 0.15) is 41.6 Å². The van der Waals surface area contributed by atoms with Crippen LogP contribution in [-0.2, 0) is 11.3 Å². The molecule has 0 radical (unpaired) electrons. The lowest BCUT2D eigenvalue weighted by Gasteiger charge is -2.38. The second-order valence-corrected chi connectivity index (χ2v) is 8.96. The van der Waals surface area contributed by atoms with Crippen molar-refractivity contribution < 1.29 is 23.0 Å². The Morgan fingerprint density at radius 3 is 2.76 bits per heavy atom. The minimum Gasteiger partial charge on any atom is -0.492 e. The second-order valence-electron chi connectivity index (χ2n) is 8.96. The number of benzene rings is 2. The van der Waals surface area contributed by atoms with Crippen LogP contribution in [0.3, 0.4) is 0 Å². The molecule has 1 saturated heterocycles. The first kappa shape index (κ1) is 23.6. The quantitative estimate of drug-likeness (QED) is 0.679. The van der Waals surface area contributed by atoms with E-state index in [4.69, 9.17) is 9.47 Å². The number of halogens is 2. The number of carbonyl (C=O) groups is 1. The molecule has 1 amide bonds. The van der Waals surface area contributed by atoms with E-state index in [2.05, 4.69) is 4.90 Å². The fourth-order valence-electron chi connectivity index (χ4n) is 4.88. The highest BCUT2D eigenvalue weighted by atomic mass is 19.1. The lowest BCUT2D eigenvalue weighted by molar-refractivity contribution is -0.00677. The van der Waals surface area contributed by atoms with Crippen molar-refractivity contribution in [2.24, 2.45) is 5.92 Å². The summed E-state index contributed by atoms with van der Waals surface area (Å²) in [6.07, 6.45) is 3.89. The third-order valence-electron chi connectivity index (χ3n) is 6.72. The van der Waals surface area contributed by atoms with Crippen molar-refractivity contribution in [1.29, 1.82) is 0 Å². The maximum atomic E-state index is 14.2. The predicted octanol–water partition coefficient (Wildman–Crippen LogP) is 4.51. The van der Waals surface area contributed by atoms with E-state index in [1.807, 2.05) is 23.1 Å². The van der Waals surface area contributed by atoms with E-state index >= 15 is 0 Å². The van der Waals surface area contributed by atoms with Gasteiger partial charge in [-0.05, 0) is 50.1 Å². The molecule has 33 heavy (non-hydrogen) atoms. The van der Waals surface area contributed by atoms with Crippen LogP contribution in [-0.4, -0.2) is 61.7 Å². The van der Waals surface area contributed by atoms with Crippen molar-refractivity contribution in [2.45, 2.75) is 38.3 Å². The third-order valence-corrected chi connectivity index (χ3v) is 6.72. The molecule has 0 spiro atoms. The van der Waals surface area contributed by atoms with Crippen molar-refractivity contribution in [3.8, 4) is 5.75 Å². The van der Waals surface area contributed by atoms with Crippen LogP contribution in [0.15, 0.2) is 42.5 Å². The van der Waals surface area contributed by atoms with Gasteiger partial charge >= 0.3 is 0 Å². The maximum absolute atomic E-state index is 14.2. The molecule has 2 aliphatic rings. The van der Waals surface area contributed by atoms with Gasteiger partial charge in [-0.2, -0.15) is 0 Å². The molecule has 2 aromatic rings. The number of ether oxygens (including phenoxy) is 2. The minimum absolute atomic E-state index is 0.0308. The van der Waals surface area contributed by atoms with Crippen molar-refractivity contribution in [1.82, 2.24) is 9.80 Å². The van der Waals surface area contributed by atoms with Crippen molar-refractivity contribution in [3.05, 3.63) is 65.2 Å². The Labute approximate surface area is 194 Å². The molecule has 0 unspecified atom stereocenters. The van der Waals surface area contributed by atoms with Gasteiger partial charge in [-0.15, -0.1) is 0 Å². The van der Waals surface area contributed by atoms with Crippen LogP contribution in [0.5, 0.6) is 5.75 Å². The van der Waals surface area contributed by atoms with E-state index in [0.717, 1.165) is 38.3 Å². The average Bonchev–Trinajstić information content (AvgIpc) is 2.82. The number of hydrogen-bond donors (Lipinski definition) is 0. The summed E-state index contributed by atoms with van der Waals surface area (Å²) in [5.41, 5.74) is 1.10. The van der Waals surface area contributed by atoms with Gasteiger partial charge < -0.3 is 14.4 Å². The molecule has 178 valence electrons. The Morgan fingerprint density at radius 1 is 1.06 bits per heavy atom. The maximum Gasteiger partial charge on any atom is 0.254 e. The molecule has 0 N–H and O–H groups in total. The summed E-state index contributed by atoms with van der Waals surface area (Å²) in [4.78, 5) is 17.2. The normalized spacial score (nSPS) is 22.9. The zero-order valence-corrected chi connectivity index (χ0v) is 19.1. The largest absolute Gasteiger partial charge is 0.492 e. The summed E-state index contributed by atoms with van der Waals surface area (Å²) in [6, 6.07) is 11.0. The molecule has 1 fully saturated rings. The molecule has 2 heterocycles. The molecular weight excluding hydrogens is 426 g/mol. The second kappa shape index (κ2) is 11.1. The van der Waals surface area contributed by atoms with Gasteiger partial charge in [0, 0.05) is 56.4 Å². The molecule has 0 aliphatic carbocycles. The molecule has 4 bridgehead atoms. The first-order chi connectivity index (χ1) is 16.0. The highest BCUT2D eigenvalue weighted by Crippen LogP contribution is 2.27. The number of fused-ring (bicyclic) bond motifs is 4. The Balaban J connectivity index is 1.51. The van der Waals surface area contributed by atoms with Gasteiger partial charge in [0.05, 0.1) is 6.10 Å². The molecule has 7 heteroatoms. The molecule has 5 nitrogen and oxygen atoms in total. The van der Waals surface area contributed by atoms with E-state index in [-0.39, 0.29) is 12.0 Å². The van der Waals surface area contributed by atoms with Crippen molar-refractivity contribution in [2.75, 3.05) is 39.9 Å². The SMILES string of the molecule is CO[C@@H]1CCN2C[C@@H]1CCCCN(Cc1ccc(F)cc1F)CCOc1cccc(c1)C2=O. The summed E-state index contributed by atoms with van der Waals surface area (Å²) < 4.78 is 39.2. The van der Waals surface area contributed by atoms with Crippen LogP contribution in [0.25, 0.3) is 0 Å². The summed E-state index contributed by atoms with van der Waals surface area (Å²) in [5, 5.41) is 0. The van der Waals surface area contributed by atoms with Crippen LogP contribution in [0.4, 0.5) is 8.78 Å². The van der Waals surface area contributed by atoms with Crippen LogP contribution in [0, 0.1) is 17.6 Å². The van der Waals surface area contributed by atoms with Crippen molar-refractivity contribution >= 4 is 5.91 Å². The number of nitrogens with zero attached hydrogens (tertiary/aromatic N) is 2. The number of hydrogen-bond acceptors (Lipinski definition) is 4. The Hall–Kier alpha value is -2.51. The summed E-state index contributed by atoms with van der Waals surface area (Å²) in [7, 11) is 1.75. The van der Waals surface area contributed by atoms with Gasteiger partial charge in [0.15, 0.2) is 0 Å². The van der Waals surface area contributed by atoms with Crippen LogP contribution < -0.4 is 4.74 Å². The Bertz CT molecular complexity index is 955. The molecule has 2 aromatic carbocycles. The number of rotatable bonds is 3. The first-order valence-corrected chi connectivity index (χ1v) is 11.7. The third kappa shape index (κ3) is 6.09. The molecule has 2 atom stereocenters. The zero-order chi connectivity index (χ0) is 23.2. The molecule has 0 aromatic heterocycles. The number of carbonyl (C=O) groups excluding carboxylic acids is 1. The fraction of sp³-hybridized carbons (Fsp3) is 0.500. The highest BCUT2D eigenvalue weighted by Gasteiger charge is 2.31. The summed E-state index contributed by atoms with van der Waals surface area (Å²) >= 11 is 0. The predicted molar refractivity (Wildman–Crippen MR) is 122 cm³/mol. The fourth-order valence-corrected chi connectivity index (χ4v) is 4.88. The Morgan fingerprint density at radius 2 is 1.94 bits per heavy atom. The smallest absolute Gasteiger partial charge is 0.254 e. The van der Waals surface area contributed by atoms with E-state index in [0.29, 0.717) is 55.6 Å². The van der Waals surface area contributed by atoms with Gasteiger partial charge in [0.25, 0.3) is 5.91 Å². The van der Waals surface area contributed by atoms with E-state index < -0.39 is 11.6 Å². The molecule has 4 rings (SSSR count). The minimum atomic E-state index is -0.569. The van der Waals surface area contributed by atoms with Crippen LogP contribution in [0.2, 0.25) is 0 Å². The molecule has 0 saturated carbocycles. The Kier molecular flexibility index (Phi) is 7.93. The number of piperidine rings is 1.